The topological polar surface area (TPSA) is 57.6 Å². The molecule has 0 aliphatic rings. The van der Waals surface area contributed by atoms with Crippen LogP contribution in [0.5, 0.6) is 0 Å². The summed E-state index contributed by atoms with van der Waals surface area (Å²) in [6.07, 6.45) is 0.359. The van der Waals surface area contributed by atoms with E-state index >= 15 is 0 Å². The van der Waals surface area contributed by atoms with Crippen molar-refractivity contribution in [2.45, 2.75) is 46.1 Å². The summed E-state index contributed by atoms with van der Waals surface area (Å²) in [6, 6.07) is 5.75. The Balaban J connectivity index is 2.60. The fraction of sp³-hybridized carbons (Fsp3) is 0.529. The highest BCUT2D eigenvalue weighted by Gasteiger charge is 2.20. The normalized spacial score (nSPS) is 11.3. The third-order valence-electron chi connectivity index (χ3n) is 3.31. The number of likely N-dealkylation sites (N-methyl/N-ethyl adjacent to an activating group) is 1. The second-order valence-corrected chi connectivity index (χ2v) is 6.30. The molecule has 1 rings (SSSR count). The van der Waals surface area contributed by atoms with E-state index in [1.54, 1.807) is 20.9 Å². The van der Waals surface area contributed by atoms with Crippen molar-refractivity contribution in [2.24, 2.45) is 0 Å². The zero-order valence-electron chi connectivity index (χ0n) is 13.6. The molecule has 21 heavy (non-hydrogen) atoms. The van der Waals surface area contributed by atoms with Gasteiger partial charge in [0.15, 0.2) is 5.78 Å². The number of aryl methyl sites for hydroxylation is 2. The van der Waals surface area contributed by atoms with Crippen LogP contribution >= 0.6 is 0 Å². The lowest BCUT2D eigenvalue weighted by atomic mass is 9.99. The summed E-state index contributed by atoms with van der Waals surface area (Å²) in [5.74, 6) is -0.142. The molecule has 116 valence electrons. The van der Waals surface area contributed by atoms with Crippen molar-refractivity contribution in [3.63, 3.8) is 0 Å². The van der Waals surface area contributed by atoms with Crippen molar-refractivity contribution < 1.29 is 14.7 Å². The minimum absolute atomic E-state index is 0.0128. The van der Waals surface area contributed by atoms with E-state index in [2.05, 4.69) is 0 Å². The van der Waals surface area contributed by atoms with Crippen molar-refractivity contribution in [1.82, 2.24) is 4.90 Å². The fourth-order valence-electron chi connectivity index (χ4n) is 2.25. The molecule has 0 bridgehead atoms. The number of rotatable bonds is 6. The number of hydrogen-bond acceptors (Lipinski definition) is 3. The molecule has 0 unspecified atom stereocenters. The molecule has 4 heteroatoms. The van der Waals surface area contributed by atoms with Crippen LogP contribution in [0.25, 0.3) is 0 Å². The third-order valence-corrected chi connectivity index (χ3v) is 3.31. The molecule has 0 fully saturated rings. The summed E-state index contributed by atoms with van der Waals surface area (Å²) in [5.41, 5.74) is 1.73. The van der Waals surface area contributed by atoms with Gasteiger partial charge in [0.1, 0.15) is 0 Å². The fourth-order valence-corrected chi connectivity index (χ4v) is 2.25. The largest absolute Gasteiger partial charge is 0.389 e. The van der Waals surface area contributed by atoms with Crippen molar-refractivity contribution in [3.8, 4) is 0 Å². The summed E-state index contributed by atoms with van der Waals surface area (Å²) in [7, 11) is 1.64. The summed E-state index contributed by atoms with van der Waals surface area (Å²) in [6.45, 7) is 7.40. The highest BCUT2D eigenvalue weighted by atomic mass is 16.3. The summed E-state index contributed by atoms with van der Waals surface area (Å²) in [4.78, 5) is 25.6. The van der Waals surface area contributed by atoms with E-state index in [1.165, 1.54) is 4.90 Å². The lowest BCUT2D eigenvalue weighted by Crippen LogP contribution is -2.39. The molecule has 0 saturated carbocycles. The van der Waals surface area contributed by atoms with Gasteiger partial charge in [-0.05, 0) is 39.3 Å². The van der Waals surface area contributed by atoms with E-state index in [4.69, 9.17) is 0 Å². The number of aliphatic hydroxyl groups is 1. The lowest BCUT2D eigenvalue weighted by Gasteiger charge is -2.25. The first-order chi connectivity index (χ1) is 9.60. The maximum atomic E-state index is 12.2. The molecule has 0 heterocycles. The zero-order valence-corrected chi connectivity index (χ0v) is 13.6. The van der Waals surface area contributed by atoms with Gasteiger partial charge in [-0.2, -0.15) is 0 Å². The number of Topliss-reactive ketones (excluding diaryl/α,β-unsaturated/α-hetero) is 1. The Morgan fingerprint density at radius 1 is 1.19 bits per heavy atom. The summed E-state index contributed by atoms with van der Waals surface area (Å²) >= 11 is 0. The van der Waals surface area contributed by atoms with Gasteiger partial charge in [-0.15, -0.1) is 0 Å². The maximum Gasteiger partial charge on any atom is 0.222 e. The Morgan fingerprint density at radius 3 is 2.38 bits per heavy atom. The van der Waals surface area contributed by atoms with Gasteiger partial charge < -0.3 is 10.0 Å². The molecule has 0 aromatic heterocycles. The van der Waals surface area contributed by atoms with E-state index in [0.29, 0.717) is 5.56 Å². The molecule has 1 aromatic carbocycles. The first-order valence-corrected chi connectivity index (χ1v) is 7.17. The zero-order chi connectivity index (χ0) is 16.2. The van der Waals surface area contributed by atoms with Gasteiger partial charge in [0.2, 0.25) is 5.91 Å². The maximum absolute atomic E-state index is 12.2. The Labute approximate surface area is 126 Å². The molecule has 0 aliphatic heterocycles. The van der Waals surface area contributed by atoms with Gasteiger partial charge in [0.25, 0.3) is 0 Å². The van der Waals surface area contributed by atoms with Crippen molar-refractivity contribution in [1.29, 1.82) is 0 Å². The van der Waals surface area contributed by atoms with Crippen LogP contribution in [0, 0.1) is 13.8 Å². The Kier molecular flexibility index (Phi) is 5.67. The van der Waals surface area contributed by atoms with Crippen LogP contribution < -0.4 is 0 Å². The van der Waals surface area contributed by atoms with Crippen LogP contribution in [0.2, 0.25) is 0 Å². The first-order valence-electron chi connectivity index (χ1n) is 7.17. The predicted octanol–water partition coefficient (Wildman–Crippen LogP) is 2.50. The second kappa shape index (κ2) is 6.85. The van der Waals surface area contributed by atoms with Gasteiger partial charge in [0, 0.05) is 32.0 Å². The first kappa shape index (κ1) is 17.4. The Hall–Kier alpha value is -1.68. The van der Waals surface area contributed by atoms with Gasteiger partial charge in [-0.1, -0.05) is 17.7 Å². The van der Waals surface area contributed by atoms with Crippen molar-refractivity contribution in [3.05, 3.63) is 34.9 Å². The van der Waals surface area contributed by atoms with E-state index in [0.717, 1.165) is 11.1 Å². The Morgan fingerprint density at radius 2 is 1.81 bits per heavy atom. The van der Waals surface area contributed by atoms with Gasteiger partial charge in [-0.3, -0.25) is 9.59 Å². The smallest absolute Gasteiger partial charge is 0.222 e. The van der Waals surface area contributed by atoms with Crippen LogP contribution in [0.3, 0.4) is 0 Å². The van der Waals surface area contributed by atoms with E-state index in [9.17, 15) is 14.7 Å². The molecule has 1 aromatic rings. The van der Waals surface area contributed by atoms with E-state index < -0.39 is 5.60 Å². The third kappa shape index (κ3) is 5.68. The van der Waals surface area contributed by atoms with Gasteiger partial charge in [0.05, 0.1) is 5.60 Å². The molecule has 4 nitrogen and oxygen atoms in total. The molecule has 1 N–H and O–H groups in total. The minimum Gasteiger partial charge on any atom is -0.389 e. The lowest BCUT2D eigenvalue weighted by molar-refractivity contribution is -0.132. The number of carbonyl (C=O) groups is 2. The van der Waals surface area contributed by atoms with Crippen LogP contribution in [0.4, 0.5) is 0 Å². The molecule has 0 radical (unpaired) electrons. The molecule has 0 aliphatic carbocycles. The van der Waals surface area contributed by atoms with Crippen LogP contribution in [-0.2, 0) is 4.79 Å². The van der Waals surface area contributed by atoms with Gasteiger partial charge >= 0.3 is 0 Å². The minimum atomic E-state index is -0.929. The summed E-state index contributed by atoms with van der Waals surface area (Å²) in [5, 5.41) is 9.70. The summed E-state index contributed by atoms with van der Waals surface area (Å²) < 4.78 is 0. The van der Waals surface area contributed by atoms with Gasteiger partial charge in [-0.25, -0.2) is 0 Å². The molecule has 0 spiro atoms. The molecular weight excluding hydrogens is 266 g/mol. The number of ketones is 1. The average Bonchev–Trinajstić information content (AvgIpc) is 2.36. The predicted molar refractivity (Wildman–Crippen MR) is 83.4 cm³/mol. The monoisotopic (exact) mass is 291 g/mol. The van der Waals surface area contributed by atoms with Crippen LogP contribution in [-0.4, -0.2) is 40.9 Å². The SMILES string of the molecule is Cc1ccc(C)c(C(=O)CCC(=O)N(C)CC(C)(C)O)c1. The molecule has 1 amide bonds. The molecular formula is C17H25NO3. The molecule has 0 saturated heterocycles. The second-order valence-electron chi connectivity index (χ2n) is 6.30. The quantitative estimate of drug-likeness (QED) is 0.819. The van der Waals surface area contributed by atoms with Crippen LogP contribution in [0.15, 0.2) is 18.2 Å². The number of hydrogen-bond donors (Lipinski definition) is 1. The highest BCUT2D eigenvalue weighted by Crippen LogP contribution is 2.14. The number of amides is 1. The standard InChI is InChI=1S/C17H25NO3/c1-12-6-7-13(2)14(10-12)15(19)8-9-16(20)18(5)11-17(3,4)21/h6-7,10,21H,8-9,11H2,1-5H3. The van der Waals surface area contributed by atoms with Crippen LogP contribution in [0.1, 0.15) is 48.2 Å². The number of nitrogens with zero attached hydrogens (tertiary/aromatic N) is 1. The van der Waals surface area contributed by atoms with E-state index in [-0.39, 0.29) is 31.1 Å². The van der Waals surface area contributed by atoms with E-state index in [1.807, 2.05) is 32.0 Å². The average molecular weight is 291 g/mol. The Bertz CT molecular complexity index is 529. The van der Waals surface area contributed by atoms with Crippen molar-refractivity contribution >= 4 is 11.7 Å². The number of carbonyl (C=O) groups excluding carboxylic acids is 2. The highest BCUT2D eigenvalue weighted by molar-refractivity contribution is 5.99. The van der Waals surface area contributed by atoms with Crippen molar-refractivity contribution in [2.75, 3.05) is 13.6 Å². The molecule has 0 atom stereocenters. The number of benzene rings is 1.